The van der Waals surface area contributed by atoms with Crippen LogP contribution in [0.4, 0.5) is 17.3 Å². The van der Waals surface area contributed by atoms with Crippen molar-refractivity contribution in [3.05, 3.63) is 30.1 Å². The van der Waals surface area contributed by atoms with E-state index in [4.69, 9.17) is 9.47 Å². The van der Waals surface area contributed by atoms with Crippen molar-refractivity contribution < 1.29 is 9.47 Å². The zero-order chi connectivity index (χ0) is 15.4. The minimum Gasteiger partial charge on any atom is -0.454 e. The molecule has 0 spiro atoms. The number of ether oxygens (including phenoxy) is 2. The molecule has 1 aliphatic heterocycles. The first-order valence-corrected chi connectivity index (χ1v) is 7.51. The number of rotatable bonds is 6. The van der Waals surface area contributed by atoms with Gasteiger partial charge in [0.2, 0.25) is 6.79 Å². The van der Waals surface area contributed by atoms with Crippen LogP contribution >= 0.6 is 0 Å². The van der Waals surface area contributed by atoms with Gasteiger partial charge in [-0.15, -0.1) is 0 Å². The van der Waals surface area contributed by atoms with Crippen LogP contribution in [-0.2, 0) is 0 Å². The predicted molar refractivity (Wildman–Crippen MR) is 86.0 cm³/mol. The standard InChI is InChI=1S/C16H20N4O2/c1-3-4-7-17-15-9-16(19-11(2)18-15)20-12-5-6-13-14(8-12)22-10-21-13/h5-6,8-9H,3-4,7,10H2,1-2H3,(H2,17,18,19,20). The normalized spacial score (nSPS) is 12.3. The number of nitrogens with zero attached hydrogens (tertiary/aromatic N) is 2. The lowest BCUT2D eigenvalue weighted by atomic mass is 10.2. The SMILES string of the molecule is CCCCNc1cc(Nc2ccc3c(c2)OCO3)nc(C)n1. The molecule has 116 valence electrons. The number of unbranched alkanes of at least 4 members (excludes halogenated alkanes) is 1. The summed E-state index contributed by atoms with van der Waals surface area (Å²) < 4.78 is 10.7. The molecule has 0 saturated carbocycles. The molecule has 22 heavy (non-hydrogen) atoms. The van der Waals surface area contributed by atoms with Gasteiger partial charge in [-0.2, -0.15) is 0 Å². The van der Waals surface area contributed by atoms with Gasteiger partial charge in [0.05, 0.1) is 0 Å². The summed E-state index contributed by atoms with van der Waals surface area (Å²) in [4.78, 5) is 8.81. The van der Waals surface area contributed by atoms with E-state index in [2.05, 4.69) is 27.5 Å². The minimum absolute atomic E-state index is 0.275. The van der Waals surface area contributed by atoms with Gasteiger partial charge < -0.3 is 20.1 Å². The van der Waals surface area contributed by atoms with Crippen LogP contribution < -0.4 is 20.1 Å². The van der Waals surface area contributed by atoms with Crippen LogP contribution in [0.25, 0.3) is 0 Å². The molecule has 0 amide bonds. The highest BCUT2D eigenvalue weighted by Crippen LogP contribution is 2.35. The smallest absolute Gasteiger partial charge is 0.231 e. The molecule has 3 rings (SSSR count). The monoisotopic (exact) mass is 300 g/mol. The number of aryl methyl sites for hydroxylation is 1. The van der Waals surface area contributed by atoms with Gasteiger partial charge in [0.1, 0.15) is 17.5 Å². The Bertz CT molecular complexity index is 661. The van der Waals surface area contributed by atoms with E-state index in [0.29, 0.717) is 0 Å². The molecule has 1 aromatic carbocycles. The maximum absolute atomic E-state index is 5.38. The number of aromatic nitrogens is 2. The Morgan fingerprint density at radius 1 is 1.09 bits per heavy atom. The summed E-state index contributed by atoms with van der Waals surface area (Å²) in [6, 6.07) is 7.64. The lowest BCUT2D eigenvalue weighted by molar-refractivity contribution is 0.174. The zero-order valence-electron chi connectivity index (χ0n) is 12.8. The molecule has 0 radical (unpaired) electrons. The second kappa shape index (κ2) is 6.51. The van der Waals surface area contributed by atoms with Gasteiger partial charge in [0.25, 0.3) is 0 Å². The molecule has 0 fully saturated rings. The number of nitrogens with one attached hydrogen (secondary N) is 2. The Hall–Kier alpha value is -2.50. The summed E-state index contributed by atoms with van der Waals surface area (Å²) in [6.07, 6.45) is 2.27. The number of anilines is 3. The third kappa shape index (κ3) is 3.39. The minimum atomic E-state index is 0.275. The van der Waals surface area contributed by atoms with E-state index in [1.165, 1.54) is 0 Å². The predicted octanol–water partition coefficient (Wildman–Crippen LogP) is 3.47. The first kappa shape index (κ1) is 14.4. The maximum Gasteiger partial charge on any atom is 0.231 e. The van der Waals surface area contributed by atoms with Crippen molar-refractivity contribution >= 4 is 17.3 Å². The average molecular weight is 300 g/mol. The molecule has 2 heterocycles. The van der Waals surface area contributed by atoms with Gasteiger partial charge in [0, 0.05) is 24.4 Å². The van der Waals surface area contributed by atoms with Crippen LogP contribution in [0.3, 0.4) is 0 Å². The summed E-state index contributed by atoms with van der Waals surface area (Å²) in [6.45, 7) is 5.24. The molecule has 6 nitrogen and oxygen atoms in total. The molecule has 6 heteroatoms. The molecule has 0 bridgehead atoms. The molecule has 1 aromatic heterocycles. The summed E-state index contributed by atoms with van der Waals surface area (Å²) in [5, 5.41) is 6.60. The van der Waals surface area contributed by atoms with Crippen LogP contribution in [0.5, 0.6) is 11.5 Å². The van der Waals surface area contributed by atoms with E-state index in [0.717, 1.165) is 54.0 Å². The zero-order valence-corrected chi connectivity index (χ0v) is 12.8. The number of hydrogen-bond donors (Lipinski definition) is 2. The van der Waals surface area contributed by atoms with Crippen LogP contribution in [0, 0.1) is 6.92 Å². The second-order valence-electron chi connectivity index (χ2n) is 5.16. The highest BCUT2D eigenvalue weighted by molar-refractivity contribution is 5.63. The Morgan fingerprint density at radius 2 is 1.91 bits per heavy atom. The Labute approximate surface area is 129 Å². The van der Waals surface area contributed by atoms with E-state index in [-0.39, 0.29) is 6.79 Å². The van der Waals surface area contributed by atoms with Crippen molar-refractivity contribution in [2.24, 2.45) is 0 Å². The van der Waals surface area contributed by atoms with E-state index < -0.39 is 0 Å². The first-order chi connectivity index (χ1) is 10.7. The lowest BCUT2D eigenvalue weighted by Crippen LogP contribution is -2.06. The van der Waals surface area contributed by atoms with Crippen LogP contribution in [-0.4, -0.2) is 23.3 Å². The molecule has 0 atom stereocenters. The summed E-state index contributed by atoms with van der Waals surface area (Å²) in [5.74, 6) is 3.84. The molecule has 0 aliphatic carbocycles. The van der Waals surface area contributed by atoms with Crippen LogP contribution in [0.2, 0.25) is 0 Å². The van der Waals surface area contributed by atoms with Gasteiger partial charge in [-0.1, -0.05) is 13.3 Å². The summed E-state index contributed by atoms with van der Waals surface area (Å²) in [7, 11) is 0. The van der Waals surface area contributed by atoms with E-state index in [1.807, 2.05) is 31.2 Å². The molecular formula is C16H20N4O2. The van der Waals surface area contributed by atoms with Crippen molar-refractivity contribution in [1.29, 1.82) is 0 Å². The van der Waals surface area contributed by atoms with Crippen LogP contribution in [0.1, 0.15) is 25.6 Å². The number of benzene rings is 1. The fraction of sp³-hybridized carbons (Fsp3) is 0.375. The average Bonchev–Trinajstić information content (AvgIpc) is 2.94. The first-order valence-electron chi connectivity index (χ1n) is 7.51. The van der Waals surface area contributed by atoms with Crippen molar-refractivity contribution in [2.45, 2.75) is 26.7 Å². The molecular weight excluding hydrogens is 280 g/mol. The molecule has 2 aromatic rings. The number of fused-ring (bicyclic) bond motifs is 1. The van der Waals surface area contributed by atoms with E-state index in [9.17, 15) is 0 Å². The topological polar surface area (TPSA) is 68.3 Å². The number of hydrogen-bond acceptors (Lipinski definition) is 6. The van der Waals surface area contributed by atoms with Crippen LogP contribution in [0.15, 0.2) is 24.3 Å². The Morgan fingerprint density at radius 3 is 2.77 bits per heavy atom. The van der Waals surface area contributed by atoms with Crippen molar-refractivity contribution in [3.8, 4) is 11.5 Å². The van der Waals surface area contributed by atoms with Crippen molar-refractivity contribution in [2.75, 3.05) is 24.0 Å². The van der Waals surface area contributed by atoms with E-state index >= 15 is 0 Å². The molecule has 1 aliphatic rings. The molecule has 2 N–H and O–H groups in total. The van der Waals surface area contributed by atoms with Gasteiger partial charge in [-0.25, -0.2) is 9.97 Å². The fourth-order valence-corrected chi connectivity index (χ4v) is 2.24. The third-order valence-corrected chi connectivity index (χ3v) is 3.32. The van der Waals surface area contributed by atoms with E-state index in [1.54, 1.807) is 0 Å². The second-order valence-corrected chi connectivity index (χ2v) is 5.16. The molecule has 0 saturated heterocycles. The quantitative estimate of drug-likeness (QED) is 0.796. The lowest BCUT2D eigenvalue weighted by Gasteiger charge is -2.10. The Balaban J connectivity index is 1.74. The maximum atomic E-state index is 5.38. The van der Waals surface area contributed by atoms with Gasteiger partial charge in [-0.05, 0) is 25.5 Å². The summed E-state index contributed by atoms with van der Waals surface area (Å²) >= 11 is 0. The largest absolute Gasteiger partial charge is 0.454 e. The van der Waals surface area contributed by atoms with Gasteiger partial charge >= 0.3 is 0 Å². The molecule has 0 unspecified atom stereocenters. The van der Waals surface area contributed by atoms with Crippen molar-refractivity contribution in [1.82, 2.24) is 9.97 Å². The highest BCUT2D eigenvalue weighted by Gasteiger charge is 2.13. The van der Waals surface area contributed by atoms with Gasteiger partial charge in [-0.3, -0.25) is 0 Å². The Kier molecular flexibility index (Phi) is 4.27. The highest BCUT2D eigenvalue weighted by atomic mass is 16.7. The summed E-state index contributed by atoms with van der Waals surface area (Å²) in [5.41, 5.74) is 0.904. The fourth-order valence-electron chi connectivity index (χ4n) is 2.24. The van der Waals surface area contributed by atoms with Crippen molar-refractivity contribution in [3.63, 3.8) is 0 Å². The third-order valence-electron chi connectivity index (χ3n) is 3.32. The van der Waals surface area contributed by atoms with Gasteiger partial charge in [0.15, 0.2) is 11.5 Å².